The predicted molar refractivity (Wildman–Crippen MR) is 89.9 cm³/mol. The average Bonchev–Trinajstić information content (AvgIpc) is 2.91. The lowest BCUT2D eigenvalue weighted by Crippen LogP contribution is -2.36. The average molecular weight is 335 g/mol. The Morgan fingerprint density at radius 2 is 2.04 bits per heavy atom. The highest BCUT2D eigenvalue weighted by Crippen LogP contribution is 2.23. The molecule has 0 spiro atoms. The van der Waals surface area contributed by atoms with Crippen LogP contribution in [0, 0.1) is 13.8 Å². The molecule has 1 atom stereocenters. The van der Waals surface area contributed by atoms with Gasteiger partial charge >= 0.3 is 5.69 Å². The highest BCUT2D eigenvalue weighted by molar-refractivity contribution is 7.15. The van der Waals surface area contributed by atoms with Crippen molar-refractivity contribution < 1.29 is 4.79 Å². The van der Waals surface area contributed by atoms with Crippen molar-refractivity contribution in [3.8, 4) is 0 Å². The molecule has 0 radical (unpaired) electrons. The van der Waals surface area contributed by atoms with E-state index in [2.05, 4.69) is 20.5 Å². The van der Waals surface area contributed by atoms with Crippen LogP contribution >= 0.6 is 11.3 Å². The molecule has 0 aliphatic carbocycles. The van der Waals surface area contributed by atoms with E-state index < -0.39 is 11.7 Å². The Bertz CT molecular complexity index is 765. The molecule has 8 heteroatoms. The number of anilines is 1. The number of hydrogen-bond donors (Lipinski definition) is 1. The maximum atomic E-state index is 12.6. The molecule has 0 saturated carbocycles. The van der Waals surface area contributed by atoms with Gasteiger partial charge in [0.15, 0.2) is 0 Å². The zero-order chi connectivity index (χ0) is 17.1. The first kappa shape index (κ1) is 17.3. The van der Waals surface area contributed by atoms with E-state index in [1.54, 1.807) is 19.9 Å². The molecular weight excluding hydrogens is 314 g/mol. The molecule has 1 N–H and O–H groups in total. The summed E-state index contributed by atoms with van der Waals surface area (Å²) in [5, 5.41) is 12.1. The van der Waals surface area contributed by atoms with Gasteiger partial charge in [-0.3, -0.25) is 14.7 Å². The molecule has 0 aliphatic rings. The van der Waals surface area contributed by atoms with E-state index in [0.29, 0.717) is 22.9 Å². The van der Waals surface area contributed by atoms with Gasteiger partial charge < -0.3 is 0 Å². The van der Waals surface area contributed by atoms with Crippen molar-refractivity contribution >= 4 is 22.4 Å². The highest BCUT2D eigenvalue weighted by Gasteiger charge is 2.23. The van der Waals surface area contributed by atoms with Crippen LogP contribution in [-0.2, 0) is 4.79 Å². The van der Waals surface area contributed by atoms with Crippen LogP contribution < -0.4 is 11.0 Å². The maximum Gasteiger partial charge on any atom is 0.348 e. The Hall–Kier alpha value is -2.09. The van der Waals surface area contributed by atoms with Crippen LogP contribution in [0.1, 0.15) is 55.5 Å². The third-order valence-electron chi connectivity index (χ3n) is 3.44. The van der Waals surface area contributed by atoms with Crippen LogP contribution in [0.15, 0.2) is 10.9 Å². The second kappa shape index (κ2) is 6.99. The fraction of sp³-hybridized carbons (Fsp3) is 0.533. The van der Waals surface area contributed by atoms with Crippen LogP contribution in [0.3, 0.4) is 0 Å². The first-order chi connectivity index (χ1) is 10.8. The van der Waals surface area contributed by atoms with Gasteiger partial charge in [0.25, 0.3) is 0 Å². The first-order valence-electron chi connectivity index (χ1n) is 7.54. The third-order valence-corrected chi connectivity index (χ3v) is 4.58. The molecule has 23 heavy (non-hydrogen) atoms. The Kier molecular flexibility index (Phi) is 5.25. The molecule has 0 aliphatic heterocycles. The molecule has 2 aromatic rings. The molecule has 1 amide bonds. The molecule has 0 saturated heterocycles. The van der Waals surface area contributed by atoms with Crippen LogP contribution in [0.2, 0.25) is 0 Å². The standard InChI is InChI=1S/C15H21N5O2S/c1-6-11(20-10(5)7-9(4)16-15(20)22)12(21)17-14-19-18-13(23-14)8(2)3/h7-8,11H,6H2,1-5H3,(H,17,19,21). The molecule has 0 fully saturated rings. The number of rotatable bonds is 5. The van der Waals surface area contributed by atoms with E-state index in [1.165, 1.54) is 15.9 Å². The van der Waals surface area contributed by atoms with E-state index >= 15 is 0 Å². The van der Waals surface area contributed by atoms with Gasteiger partial charge in [0, 0.05) is 17.3 Å². The smallest absolute Gasteiger partial charge is 0.299 e. The van der Waals surface area contributed by atoms with Crippen LogP contribution in [0.5, 0.6) is 0 Å². The van der Waals surface area contributed by atoms with Crippen molar-refractivity contribution in [3.63, 3.8) is 0 Å². The Labute approximate surface area is 138 Å². The number of carbonyl (C=O) groups excluding carboxylic acids is 1. The predicted octanol–water partition coefficient (Wildman–Crippen LogP) is 2.42. The largest absolute Gasteiger partial charge is 0.348 e. The molecule has 2 aromatic heterocycles. The summed E-state index contributed by atoms with van der Waals surface area (Å²) in [5.74, 6) is -0.0268. The number of aryl methyl sites for hydroxylation is 2. The molecule has 1 unspecified atom stereocenters. The summed E-state index contributed by atoms with van der Waals surface area (Å²) in [6.45, 7) is 9.45. The molecular formula is C15H21N5O2S. The lowest BCUT2D eigenvalue weighted by atomic mass is 10.2. The summed E-state index contributed by atoms with van der Waals surface area (Å²) in [5.41, 5.74) is 0.943. The van der Waals surface area contributed by atoms with Crippen molar-refractivity contribution in [1.82, 2.24) is 19.7 Å². The van der Waals surface area contributed by atoms with Gasteiger partial charge in [0.2, 0.25) is 11.0 Å². The van der Waals surface area contributed by atoms with Crippen LogP contribution in [0.4, 0.5) is 5.13 Å². The SMILES string of the molecule is CCC(C(=O)Nc1nnc(C(C)C)s1)n1c(C)cc(C)nc1=O. The van der Waals surface area contributed by atoms with Crippen molar-refractivity contribution in [2.75, 3.05) is 5.32 Å². The molecule has 0 bridgehead atoms. The normalized spacial score (nSPS) is 12.4. The van der Waals surface area contributed by atoms with E-state index in [0.717, 1.165) is 5.01 Å². The fourth-order valence-electron chi connectivity index (χ4n) is 2.33. The second-order valence-corrected chi connectivity index (χ2v) is 6.71. The number of carbonyl (C=O) groups is 1. The number of nitrogens with zero attached hydrogens (tertiary/aromatic N) is 4. The Morgan fingerprint density at radius 1 is 1.35 bits per heavy atom. The van der Waals surface area contributed by atoms with Crippen molar-refractivity contribution in [2.45, 2.75) is 53.0 Å². The summed E-state index contributed by atoms with van der Waals surface area (Å²) in [6.07, 6.45) is 0.479. The van der Waals surface area contributed by atoms with Crippen LogP contribution in [-0.4, -0.2) is 25.7 Å². The van der Waals surface area contributed by atoms with Gasteiger partial charge in [-0.15, -0.1) is 10.2 Å². The summed E-state index contributed by atoms with van der Waals surface area (Å²) < 4.78 is 1.42. The fourth-order valence-corrected chi connectivity index (χ4v) is 3.08. The summed E-state index contributed by atoms with van der Waals surface area (Å²) in [4.78, 5) is 28.6. The molecule has 2 heterocycles. The Balaban J connectivity index is 2.27. The minimum absolute atomic E-state index is 0.256. The second-order valence-electron chi connectivity index (χ2n) is 5.70. The zero-order valence-corrected chi connectivity index (χ0v) is 14.8. The van der Waals surface area contributed by atoms with E-state index in [9.17, 15) is 9.59 Å². The quantitative estimate of drug-likeness (QED) is 0.906. The van der Waals surface area contributed by atoms with Crippen molar-refractivity contribution in [2.24, 2.45) is 0 Å². The lowest BCUT2D eigenvalue weighted by molar-refractivity contribution is -0.119. The van der Waals surface area contributed by atoms with Gasteiger partial charge in [-0.25, -0.2) is 4.79 Å². The van der Waals surface area contributed by atoms with Gasteiger partial charge in [0.05, 0.1) is 0 Å². The summed E-state index contributed by atoms with van der Waals surface area (Å²) >= 11 is 1.35. The molecule has 2 rings (SSSR count). The van der Waals surface area contributed by atoms with E-state index in [4.69, 9.17) is 0 Å². The summed E-state index contributed by atoms with van der Waals surface area (Å²) in [6, 6.07) is 1.17. The zero-order valence-electron chi connectivity index (χ0n) is 14.0. The maximum absolute atomic E-state index is 12.6. The first-order valence-corrected chi connectivity index (χ1v) is 8.36. The van der Waals surface area contributed by atoms with Gasteiger partial charge in [-0.05, 0) is 26.3 Å². The van der Waals surface area contributed by atoms with Crippen molar-refractivity contribution in [3.05, 3.63) is 32.9 Å². The van der Waals surface area contributed by atoms with Crippen molar-refractivity contribution in [1.29, 1.82) is 0 Å². The topological polar surface area (TPSA) is 89.8 Å². The Morgan fingerprint density at radius 3 is 2.57 bits per heavy atom. The monoisotopic (exact) mass is 335 g/mol. The number of nitrogens with one attached hydrogen (secondary N) is 1. The van der Waals surface area contributed by atoms with Gasteiger partial charge in [-0.1, -0.05) is 32.1 Å². The van der Waals surface area contributed by atoms with Crippen LogP contribution in [0.25, 0.3) is 0 Å². The summed E-state index contributed by atoms with van der Waals surface area (Å²) in [7, 11) is 0. The minimum atomic E-state index is -0.623. The number of amides is 1. The molecule has 124 valence electrons. The number of aromatic nitrogens is 4. The molecule has 0 aromatic carbocycles. The van der Waals surface area contributed by atoms with Gasteiger partial charge in [0.1, 0.15) is 11.0 Å². The third kappa shape index (κ3) is 3.82. The van der Waals surface area contributed by atoms with E-state index in [1.807, 2.05) is 20.8 Å². The number of hydrogen-bond acceptors (Lipinski definition) is 6. The highest BCUT2D eigenvalue weighted by atomic mass is 32.1. The lowest BCUT2D eigenvalue weighted by Gasteiger charge is -2.19. The van der Waals surface area contributed by atoms with E-state index in [-0.39, 0.29) is 11.8 Å². The minimum Gasteiger partial charge on any atom is -0.299 e. The molecule has 7 nitrogen and oxygen atoms in total. The van der Waals surface area contributed by atoms with Gasteiger partial charge in [-0.2, -0.15) is 4.98 Å².